The fraction of sp³-hybridized carbons (Fsp3) is 0.533. The minimum atomic E-state index is -3.71. The van der Waals surface area contributed by atoms with Crippen molar-refractivity contribution in [2.45, 2.75) is 31.1 Å². The predicted molar refractivity (Wildman–Crippen MR) is 83.0 cm³/mol. The van der Waals surface area contributed by atoms with E-state index in [0.29, 0.717) is 18.7 Å². The molecular weight excluding hydrogens is 304 g/mol. The molecule has 0 aromatic heterocycles. The average Bonchev–Trinajstić information content (AvgIpc) is 2.53. The van der Waals surface area contributed by atoms with Gasteiger partial charge in [0.2, 0.25) is 0 Å². The van der Waals surface area contributed by atoms with Gasteiger partial charge in [-0.2, -0.15) is 0 Å². The molecule has 1 aromatic rings. The van der Waals surface area contributed by atoms with E-state index in [2.05, 4.69) is 9.79 Å². The van der Waals surface area contributed by atoms with Gasteiger partial charge in [0.1, 0.15) is 0 Å². The van der Waals surface area contributed by atoms with Gasteiger partial charge in [-0.15, -0.1) is 0 Å². The Balaban J connectivity index is 1.81. The maximum absolute atomic E-state index is 12.0. The van der Waals surface area contributed by atoms with Crippen LogP contribution in [0.3, 0.4) is 0 Å². The first-order valence-electron chi connectivity index (χ1n) is 7.46. The number of Topliss-reactive ketones (excluding diaryl/α,β-unsaturated/α-hetero) is 1. The molecule has 1 heterocycles. The summed E-state index contributed by atoms with van der Waals surface area (Å²) < 4.78 is 24.1. The van der Waals surface area contributed by atoms with Crippen molar-refractivity contribution in [3.8, 4) is 0 Å². The highest BCUT2D eigenvalue weighted by atomic mass is 32.2. The van der Waals surface area contributed by atoms with Gasteiger partial charge < -0.3 is 4.90 Å². The number of hydrogen-bond acceptors (Lipinski definition) is 5. The number of carbonyl (C=O) groups is 1. The molecule has 0 amide bonds. The topological polar surface area (TPSA) is 75.7 Å². The average molecular weight is 326 g/mol. The number of nitrogens with one attached hydrogen (secondary N) is 1. The lowest BCUT2D eigenvalue weighted by molar-refractivity contribution is 0.0656. The predicted octanol–water partition coefficient (Wildman–Crippen LogP) is 1.58. The molecule has 0 radical (unpaired) electrons. The third-order valence-electron chi connectivity index (χ3n) is 3.70. The Morgan fingerprint density at radius 3 is 2.41 bits per heavy atom. The van der Waals surface area contributed by atoms with Crippen molar-refractivity contribution in [3.63, 3.8) is 0 Å². The van der Waals surface area contributed by atoms with Gasteiger partial charge in [0.05, 0.1) is 11.5 Å². The molecule has 1 aromatic carbocycles. The molecule has 0 saturated carbocycles. The van der Waals surface area contributed by atoms with Crippen molar-refractivity contribution in [3.05, 3.63) is 29.8 Å². The number of nitrogens with zero attached hydrogens (tertiary/aromatic N) is 1. The Morgan fingerprint density at radius 1 is 1.18 bits per heavy atom. The van der Waals surface area contributed by atoms with Crippen LogP contribution in [0.15, 0.2) is 29.2 Å². The lowest BCUT2D eigenvalue weighted by Crippen LogP contribution is -2.35. The van der Waals surface area contributed by atoms with Gasteiger partial charge in [0.15, 0.2) is 5.78 Å². The first-order chi connectivity index (χ1) is 10.5. The second-order valence-electron chi connectivity index (χ2n) is 5.42. The molecule has 1 aliphatic heterocycles. The Hall–Kier alpha value is -1.28. The Labute approximate surface area is 131 Å². The van der Waals surface area contributed by atoms with E-state index in [9.17, 15) is 13.2 Å². The highest BCUT2D eigenvalue weighted by molar-refractivity contribution is 7.89. The van der Waals surface area contributed by atoms with Crippen LogP contribution in [0, 0.1) is 0 Å². The summed E-state index contributed by atoms with van der Waals surface area (Å²) in [5.41, 5.74) is 0.477. The number of benzene rings is 1. The van der Waals surface area contributed by atoms with Crippen LogP contribution in [0.25, 0.3) is 0 Å². The maximum atomic E-state index is 12.0. The summed E-state index contributed by atoms with van der Waals surface area (Å²) in [6.07, 6.45) is 3.64. The molecule has 0 atom stereocenters. The first-order valence-corrected chi connectivity index (χ1v) is 8.94. The minimum Gasteiger partial charge on any atom is -0.301 e. The van der Waals surface area contributed by atoms with Crippen LogP contribution in [0.1, 0.15) is 36.5 Å². The Bertz CT molecular complexity index is 592. The van der Waals surface area contributed by atoms with Crippen molar-refractivity contribution >= 4 is 15.8 Å². The molecule has 6 nitrogen and oxygen atoms in total. The quantitative estimate of drug-likeness (QED) is 0.468. The lowest BCUT2D eigenvalue weighted by atomic mass is 10.1. The van der Waals surface area contributed by atoms with Crippen LogP contribution >= 0.6 is 0 Å². The van der Waals surface area contributed by atoms with E-state index in [1.807, 2.05) is 0 Å². The summed E-state index contributed by atoms with van der Waals surface area (Å²) in [6, 6.07) is 5.77. The van der Waals surface area contributed by atoms with Gasteiger partial charge in [-0.1, -0.05) is 23.4 Å². The highest BCUT2D eigenvalue weighted by Crippen LogP contribution is 2.11. The summed E-state index contributed by atoms with van der Waals surface area (Å²) in [5.74, 6) is -0.102. The van der Waals surface area contributed by atoms with Crippen molar-refractivity contribution in [2.75, 3.05) is 26.2 Å². The molecule has 0 bridgehead atoms. The zero-order chi connectivity index (χ0) is 16.0. The minimum absolute atomic E-state index is 0.0791. The van der Waals surface area contributed by atoms with E-state index < -0.39 is 10.0 Å². The lowest BCUT2D eigenvalue weighted by Gasteiger charge is -2.25. The summed E-state index contributed by atoms with van der Waals surface area (Å²) in [4.78, 5) is 20.7. The van der Waals surface area contributed by atoms with Gasteiger partial charge in [-0.25, -0.2) is 8.42 Å². The molecule has 122 valence electrons. The van der Waals surface area contributed by atoms with Crippen LogP contribution in [0.4, 0.5) is 0 Å². The van der Waals surface area contributed by atoms with Gasteiger partial charge in [0, 0.05) is 12.1 Å². The van der Waals surface area contributed by atoms with Crippen molar-refractivity contribution in [1.82, 2.24) is 9.79 Å². The normalized spacial score (nSPS) is 16.6. The second-order valence-corrected chi connectivity index (χ2v) is 7.06. The number of hydrogen-bond donors (Lipinski definition) is 1. The molecule has 22 heavy (non-hydrogen) atoms. The number of likely N-dealkylation sites (tertiary alicyclic amines) is 1. The summed E-state index contributed by atoms with van der Waals surface area (Å²) >= 11 is 0. The molecule has 0 unspecified atom stereocenters. The van der Waals surface area contributed by atoms with Gasteiger partial charge >= 0.3 is 0 Å². The van der Waals surface area contributed by atoms with E-state index >= 15 is 0 Å². The monoisotopic (exact) mass is 326 g/mol. The summed E-state index contributed by atoms with van der Waals surface area (Å²) in [7, 11) is -3.71. The Kier molecular flexibility index (Phi) is 6.07. The molecular formula is C15H22N2O4S. The van der Waals surface area contributed by atoms with E-state index in [1.54, 1.807) is 0 Å². The molecule has 0 aliphatic carbocycles. The summed E-state index contributed by atoms with van der Waals surface area (Å²) in [5, 5.41) is 0. The maximum Gasteiger partial charge on any atom is 0.262 e. The zero-order valence-electron chi connectivity index (χ0n) is 12.7. The van der Waals surface area contributed by atoms with E-state index in [-0.39, 0.29) is 10.7 Å². The standard InChI is InChI=1S/C15H22N2O4S/c1-13(18)14-5-7-15(8-6-14)22(19,20)16-21-12-11-17-9-3-2-4-10-17/h5-8,16H,2-4,9-12H2,1H3. The number of sulfonamides is 1. The van der Waals surface area contributed by atoms with E-state index in [4.69, 9.17) is 4.84 Å². The molecule has 0 spiro atoms. The van der Waals surface area contributed by atoms with Crippen LogP contribution < -0.4 is 4.89 Å². The molecule has 7 heteroatoms. The number of rotatable bonds is 7. The van der Waals surface area contributed by atoms with Gasteiger partial charge in [-0.3, -0.25) is 9.63 Å². The second kappa shape index (κ2) is 7.82. The molecule has 1 aliphatic rings. The van der Waals surface area contributed by atoms with Gasteiger partial charge in [-0.05, 0) is 45.0 Å². The third-order valence-corrected chi connectivity index (χ3v) is 4.93. The largest absolute Gasteiger partial charge is 0.301 e. The third kappa shape index (κ3) is 4.88. The smallest absolute Gasteiger partial charge is 0.262 e. The van der Waals surface area contributed by atoms with Crippen molar-refractivity contribution < 1.29 is 18.0 Å². The van der Waals surface area contributed by atoms with E-state index in [0.717, 1.165) is 13.1 Å². The molecule has 2 rings (SSSR count). The molecule has 1 N–H and O–H groups in total. The van der Waals surface area contributed by atoms with E-state index in [1.165, 1.54) is 50.5 Å². The number of carbonyl (C=O) groups excluding carboxylic acids is 1. The molecule has 1 fully saturated rings. The van der Waals surface area contributed by atoms with Crippen LogP contribution in [0.5, 0.6) is 0 Å². The molecule has 1 saturated heterocycles. The highest BCUT2D eigenvalue weighted by Gasteiger charge is 2.15. The van der Waals surface area contributed by atoms with Crippen LogP contribution in [-0.2, 0) is 14.9 Å². The van der Waals surface area contributed by atoms with Gasteiger partial charge in [0.25, 0.3) is 10.0 Å². The number of piperidine rings is 1. The Morgan fingerprint density at radius 2 is 1.82 bits per heavy atom. The fourth-order valence-corrected chi connectivity index (χ4v) is 3.22. The van der Waals surface area contributed by atoms with Crippen molar-refractivity contribution in [2.24, 2.45) is 0 Å². The SMILES string of the molecule is CC(=O)c1ccc(S(=O)(=O)NOCCN2CCCCC2)cc1. The fourth-order valence-electron chi connectivity index (χ4n) is 2.39. The number of ketones is 1. The van der Waals surface area contributed by atoms with Crippen LogP contribution in [0.2, 0.25) is 0 Å². The first kappa shape index (κ1) is 17.1. The van der Waals surface area contributed by atoms with Crippen LogP contribution in [-0.4, -0.2) is 45.3 Å². The zero-order valence-corrected chi connectivity index (χ0v) is 13.6. The van der Waals surface area contributed by atoms with Crippen molar-refractivity contribution in [1.29, 1.82) is 0 Å². The summed E-state index contributed by atoms with van der Waals surface area (Å²) in [6.45, 7) is 4.55.